The Hall–Kier alpha value is -4.58. The monoisotopic (exact) mass is 494 g/mol. The molecule has 1 amide bonds. The van der Waals surface area contributed by atoms with E-state index in [-0.39, 0.29) is 0 Å². The summed E-state index contributed by atoms with van der Waals surface area (Å²) in [6.45, 7) is 0.403. The summed E-state index contributed by atoms with van der Waals surface area (Å²) in [6.07, 6.45) is 0.127. The fraction of sp³-hybridized carbons (Fsp3) is 0.161. The largest absolute Gasteiger partial charge is 0.497 e. The molecule has 0 fully saturated rings. The number of nitrogens with one attached hydrogen (secondary N) is 1. The van der Waals surface area contributed by atoms with Crippen LogP contribution < -0.4 is 15.0 Å². The van der Waals surface area contributed by atoms with E-state index in [1.54, 1.807) is 7.11 Å². The highest BCUT2D eigenvalue weighted by atomic mass is 16.6. The van der Waals surface area contributed by atoms with Crippen LogP contribution in [0, 0.1) is 0 Å². The Morgan fingerprint density at radius 3 is 1.86 bits per heavy atom. The van der Waals surface area contributed by atoms with Gasteiger partial charge in [0.25, 0.3) is 0 Å². The number of amides is 1. The molecule has 0 spiro atoms. The number of benzene rings is 4. The lowest BCUT2D eigenvalue weighted by Gasteiger charge is -2.25. The second-order valence-corrected chi connectivity index (χ2v) is 8.48. The molecule has 1 unspecified atom stereocenters. The summed E-state index contributed by atoms with van der Waals surface area (Å²) in [6, 6.07) is 35.8. The van der Waals surface area contributed by atoms with Crippen LogP contribution >= 0.6 is 0 Å². The van der Waals surface area contributed by atoms with Crippen LogP contribution in [-0.4, -0.2) is 32.1 Å². The molecule has 4 rings (SSSR count). The van der Waals surface area contributed by atoms with E-state index < -0.39 is 12.2 Å². The summed E-state index contributed by atoms with van der Waals surface area (Å²) in [5.74, 6) is 0.783. The predicted octanol–water partition coefficient (Wildman–Crippen LogP) is 6.24. The number of rotatable bonds is 11. The van der Waals surface area contributed by atoms with Gasteiger partial charge in [0.15, 0.2) is 12.4 Å². The third kappa shape index (κ3) is 7.21. The second-order valence-electron chi connectivity index (χ2n) is 8.48. The van der Waals surface area contributed by atoms with Crippen molar-refractivity contribution in [3.8, 4) is 5.75 Å². The molecular weight excluding hydrogens is 464 g/mol. The Labute approximate surface area is 217 Å². The van der Waals surface area contributed by atoms with Crippen LogP contribution in [0.1, 0.15) is 11.1 Å². The fourth-order valence-corrected chi connectivity index (χ4v) is 4.01. The van der Waals surface area contributed by atoms with Crippen LogP contribution in [0.2, 0.25) is 0 Å². The van der Waals surface area contributed by atoms with Gasteiger partial charge in [0.2, 0.25) is 0 Å². The van der Waals surface area contributed by atoms with Crippen LogP contribution in [0.25, 0.3) is 0 Å². The summed E-state index contributed by atoms with van der Waals surface area (Å²) in [5, 5.41) is 2.71. The molecule has 0 heterocycles. The topological polar surface area (TPSA) is 67.9 Å². The second kappa shape index (κ2) is 12.9. The number of anilines is 3. The number of carbonyl (C=O) groups is 2. The molecule has 0 saturated heterocycles. The van der Waals surface area contributed by atoms with Gasteiger partial charge < -0.3 is 19.7 Å². The number of ether oxygens (including phenoxy) is 2. The quantitative estimate of drug-likeness (QED) is 0.250. The first-order valence-electron chi connectivity index (χ1n) is 12.2. The van der Waals surface area contributed by atoms with Gasteiger partial charge in [-0.1, -0.05) is 60.7 Å². The van der Waals surface area contributed by atoms with Crippen LogP contribution in [-0.2, 0) is 22.4 Å². The van der Waals surface area contributed by atoms with E-state index in [2.05, 4.69) is 34.5 Å². The third-order valence-corrected chi connectivity index (χ3v) is 5.91. The molecule has 1 N–H and O–H groups in total. The smallest absolute Gasteiger partial charge is 0.407 e. The highest BCUT2D eigenvalue weighted by Crippen LogP contribution is 2.34. The SMILES string of the molecule is COc1ccc(CCNC(=O)OC(C=O)Cc2ccc(N(c3ccccc3)c3ccccc3)cc2)cc1. The van der Waals surface area contributed by atoms with Crippen molar-refractivity contribution in [1.29, 1.82) is 0 Å². The Balaban J connectivity index is 1.34. The van der Waals surface area contributed by atoms with E-state index in [1.165, 1.54) is 0 Å². The zero-order valence-corrected chi connectivity index (χ0v) is 20.7. The minimum atomic E-state index is -0.869. The Kier molecular flexibility index (Phi) is 8.92. The molecule has 0 aromatic heterocycles. The lowest BCUT2D eigenvalue weighted by atomic mass is 10.1. The van der Waals surface area contributed by atoms with Crippen molar-refractivity contribution in [3.63, 3.8) is 0 Å². The molecule has 6 nitrogen and oxygen atoms in total. The Bertz CT molecular complexity index is 1220. The molecule has 1 atom stereocenters. The summed E-state index contributed by atoms with van der Waals surface area (Å²) in [7, 11) is 1.62. The first kappa shape index (κ1) is 25.5. The first-order valence-corrected chi connectivity index (χ1v) is 12.2. The summed E-state index contributed by atoms with van der Waals surface area (Å²) < 4.78 is 10.5. The summed E-state index contributed by atoms with van der Waals surface area (Å²) in [4.78, 5) is 26.0. The molecule has 4 aromatic carbocycles. The normalized spacial score (nSPS) is 11.3. The number of hydrogen-bond donors (Lipinski definition) is 1. The third-order valence-electron chi connectivity index (χ3n) is 5.91. The first-order chi connectivity index (χ1) is 18.2. The molecule has 188 valence electrons. The summed E-state index contributed by atoms with van der Waals surface area (Å²) >= 11 is 0. The number of carbonyl (C=O) groups excluding carboxylic acids is 2. The molecule has 37 heavy (non-hydrogen) atoms. The Morgan fingerprint density at radius 2 is 1.32 bits per heavy atom. The van der Waals surface area contributed by atoms with Gasteiger partial charge in [-0.2, -0.15) is 0 Å². The molecule has 0 saturated carbocycles. The van der Waals surface area contributed by atoms with E-state index in [0.717, 1.165) is 33.9 Å². The van der Waals surface area contributed by atoms with Crippen LogP contribution in [0.5, 0.6) is 5.75 Å². The average Bonchev–Trinajstić information content (AvgIpc) is 2.95. The molecule has 0 aliphatic heterocycles. The standard InChI is InChI=1S/C31H30N2O4/c1-36-29-18-14-24(15-19-29)20-21-32-31(35)37-30(23-34)22-25-12-16-28(17-13-25)33(26-8-4-2-5-9-26)27-10-6-3-7-11-27/h2-19,23,30H,20-22H2,1H3,(H,32,35). The molecule has 0 aliphatic carbocycles. The zero-order chi connectivity index (χ0) is 25.9. The molecular formula is C31H30N2O4. The highest BCUT2D eigenvalue weighted by Gasteiger charge is 2.16. The van der Waals surface area contributed by atoms with Crippen LogP contribution in [0.4, 0.5) is 21.9 Å². The lowest BCUT2D eigenvalue weighted by molar-refractivity contribution is -0.115. The van der Waals surface area contributed by atoms with Gasteiger partial charge in [-0.25, -0.2) is 4.79 Å². The average molecular weight is 495 g/mol. The zero-order valence-electron chi connectivity index (χ0n) is 20.7. The molecule has 6 heteroatoms. The number of alkyl carbamates (subject to hydrolysis) is 1. The van der Waals surface area contributed by atoms with Gasteiger partial charge in [-0.05, 0) is 66.1 Å². The van der Waals surface area contributed by atoms with Crippen LogP contribution in [0.3, 0.4) is 0 Å². The van der Waals surface area contributed by atoms with Gasteiger partial charge >= 0.3 is 6.09 Å². The molecule has 0 bridgehead atoms. The van der Waals surface area contributed by atoms with E-state index in [1.807, 2.05) is 84.9 Å². The van der Waals surface area contributed by atoms with Crippen molar-refractivity contribution >= 4 is 29.4 Å². The maximum absolute atomic E-state index is 12.2. The Morgan fingerprint density at radius 1 is 0.784 bits per heavy atom. The van der Waals surface area contributed by atoms with Gasteiger partial charge in [-0.15, -0.1) is 0 Å². The van der Waals surface area contributed by atoms with Crippen molar-refractivity contribution < 1.29 is 19.1 Å². The molecule has 4 aromatic rings. The van der Waals surface area contributed by atoms with Crippen molar-refractivity contribution in [2.24, 2.45) is 0 Å². The maximum atomic E-state index is 12.2. The number of para-hydroxylation sites is 2. The van der Waals surface area contributed by atoms with E-state index >= 15 is 0 Å². The van der Waals surface area contributed by atoms with Crippen molar-refractivity contribution in [1.82, 2.24) is 5.32 Å². The molecule has 0 radical (unpaired) electrons. The van der Waals surface area contributed by atoms with Crippen LogP contribution in [0.15, 0.2) is 109 Å². The predicted molar refractivity (Wildman–Crippen MR) is 146 cm³/mol. The minimum absolute atomic E-state index is 0.298. The summed E-state index contributed by atoms with van der Waals surface area (Å²) in [5.41, 5.74) is 5.03. The van der Waals surface area contributed by atoms with Crippen molar-refractivity contribution in [2.75, 3.05) is 18.6 Å². The van der Waals surface area contributed by atoms with Gasteiger partial charge in [-0.3, -0.25) is 4.79 Å². The molecule has 0 aliphatic rings. The lowest BCUT2D eigenvalue weighted by Crippen LogP contribution is -2.32. The maximum Gasteiger partial charge on any atom is 0.407 e. The number of aldehydes is 1. The highest BCUT2D eigenvalue weighted by molar-refractivity contribution is 5.76. The van der Waals surface area contributed by atoms with Crippen molar-refractivity contribution in [2.45, 2.75) is 18.9 Å². The van der Waals surface area contributed by atoms with Gasteiger partial charge in [0.1, 0.15) is 5.75 Å². The number of methoxy groups -OCH3 is 1. The van der Waals surface area contributed by atoms with Crippen molar-refractivity contribution in [3.05, 3.63) is 120 Å². The van der Waals surface area contributed by atoms with E-state index in [4.69, 9.17) is 9.47 Å². The number of nitrogens with zero attached hydrogens (tertiary/aromatic N) is 1. The van der Waals surface area contributed by atoms with E-state index in [9.17, 15) is 9.59 Å². The van der Waals surface area contributed by atoms with Gasteiger partial charge in [0, 0.05) is 30.0 Å². The minimum Gasteiger partial charge on any atom is -0.497 e. The number of hydrogen-bond acceptors (Lipinski definition) is 5. The van der Waals surface area contributed by atoms with Gasteiger partial charge in [0.05, 0.1) is 7.11 Å². The van der Waals surface area contributed by atoms with E-state index in [0.29, 0.717) is 25.7 Å². The fourth-order valence-electron chi connectivity index (χ4n) is 4.01.